The number of hydrogen-bond donors (Lipinski definition) is 2. The lowest BCUT2D eigenvalue weighted by Gasteiger charge is -2.16. The van der Waals surface area contributed by atoms with Crippen molar-refractivity contribution in [2.24, 2.45) is 0 Å². The van der Waals surface area contributed by atoms with Gasteiger partial charge in [0.05, 0.1) is 16.7 Å². The molecule has 0 radical (unpaired) electrons. The maximum Gasteiger partial charge on any atom is 0.201 e. The molecule has 1 heterocycles. The first kappa shape index (κ1) is 12.6. The number of aromatic hydroxyl groups is 1. The van der Waals surface area contributed by atoms with Crippen molar-refractivity contribution in [3.05, 3.63) is 52.0 Å². The minimum Gasteiger partial charge on any atom is -0.507 e. The van der Waals surface area contributed by atoms with E-state index in [1.165, 1.54) is 25.1 Å². The van der Waals surface area contributed by atoms with Crippen molar-refractivity contribution in [3.63, 3.8) is 0 Å². The van der Waals surface area contributed by atoms with Crippen LogP contribution in [0.2, 0.25) is 0 Å². The zero-order chi connectivity index (χ0) is 14.6. The van der Waals surface area contributed by atoms with Gasteiger partial charge in [-0.05, 0) is 19.9 Å². The first-order chi connectivity index (χ1) is 9.43. The number of aliphatic hydroxyl groups excluding tert-OH is 1. The van der Waals surface area contributed by atoms with Gasteiger partial charge in [-0.3, -0.25) is 9.59 Å². The normalized spacial score (nSPS) is 14.9. The van der Waals surface area contributed by atoms with E-state index in [9.17, 15) is 19.8 Å². The Hall–Kier alpha value is -2.40. The van der Waals surface area contributed by atoms with E-state index in [0.29, 0.717) is 0 Å². The number of carbonyl (C=O) groups is 2. The number of benzene rings is 1. The molecule has 0 spiro atoms. The van der Waals surface area contributed by atoms with Crippen LogP contribution in [-0.4, -0.2) is 21.8 Å². The van der Waals surface area contributed by atoms with Gasteiger partial charge < -0.3 is 14.6 Å². The van der Waals surface area contributed by atoms with Crippen LogP contribution >= 0.6 is 0 Å². The number of rotatable bonds is 1. The summed E-state index contributed by atoms with van der Waals surface area (Å²) in [6.07, 6.45) is -0.993. The first-order valence-electron chi connectivity index (χ1n) is 6.16. The predicted molar refractivity (Wildman–Crippen MR) is 69.1 cm³/mol. The van der Waals surface area contributed by atoms with Crippen LogP contribution in [0, 0.1) is 6.92 Å². The Bertz CT molecular complexity index is 752. The first-order valence-corrected chi connectivity index (χ1v) is 6.16. The van der Waals surface area contributed by atoms with Gasteiger partial charge in [0.25, 0.3) is 0 Å². The largest absolute Gasteiger partial charge is 0.507 e. The Morgan fingerprint density at radius 2 is 1.80 bits per heavy atom. The maximum absolute atomic E-state index is 12.5. The molecule has 1 atom stereocenters. The third-order valence-corrected chi connectivity index (χ3v) is 3.46. The Kier molecular flexibility index (Phi) is 2.55. The van der Waals surface area contributed by atoms with Crippen LogP contribution in [-0.2, 0) is 0 Å². The van der Waals surface area contributed by atoms with Crippen molar-refractivity contribution in [1.29, 1.82) is 0 Å². The van der Waals surface area contributed by atoms with Gasteiger partial charge in [0.1, 0.15) is 23.4 Å². The summed E-state index contributed by atoms with van der Waals surface area (Å²) in [5.74, 6) is -0.752. The number of hydrogen-bond acceptors (Lipinski definition) is 5. The summed E-state index contributed by atoms with van der Waals surface area (Å²) in [6.45, 7) is 3.02. The van der Waals surface area contributed by atoms with Gasteiger partial charge in [0.15, 0.2) is 5.78 Å². The van der Waals surface area contributed by atoms with Gasteiger partial charge in [0, 0.05) is 5.56 Å². The average Bonchev–Trinajstić information content (AvgIpc) is 2.74. The van der Waals surface area contributed by atoms with Gasteiger partial charge in [-0.1, -0.05) is 12.1 Å². The second kappa shape index (κ2) is 4.05. The highest BCUT2D eigenvalue weighted by molar-refractivity contribution is 6.30. The molecule has 3 rings (SSSR count). The minimum absolute atomic E-state index is 0.00829. The third kappa shape index (κ3) is 1.47. The van der Waals surface area contributed by atoms with Crippen LogP contribution in [0.5, 0.6) is 5.75 Å². The molecule has 0 bridgehead atoms. The highest BCUT2D eigenvalue weighted by Crippen LogP contribution is 2.38. The number of phenolic OH excluding ortho intramolecular Hbond substituents is 1. The molecular weight excluding hydrogens is 260 g/mol. The van der Waals surface area contributed by atoms with E-state index in [1.54, 1.807) is 6.92 Å². The molecule has 1 aromatic carbocycles. The monoisotopic (exact) mass is 272 g/mol. The minimum atomic E-state index is -0.993. The van der Waals surface area contributed by atoms with E-state index in [0.717, 1.165) is 0 Å². The SMILES string of the molecule is Cc1oc([C@@H](C)O)c2c1C(=O)c1c(O)cccc1C2=O. The standard InChI is InChI=1S/C15H12O5/c1-6(16)15-12-10(7(2)20-15)14(19)11-8(13(12)18)4-3-5-9(11)17/h3-6,16-17H,1-2H3/t6-/m1/s1. The number of aryl methyl sites for hydroxylation is 1. The summed E-state index contributed by atoms with van der Waals surface area (Å²) in [7, 11) is 0. The molecule has 0 unspecified atom stereocenters. The summed E-state index contributed by atoms with van der Waals surface area (Å²) < 4.78 is 5.37. The predicted octanol–water partition coefficient (Wildman–Crippen LogP) is 2.12. The molecular formula is C15H12O5. The zero-order valence-corrected chi connectivity index (χ0v) is 10.9. The lowest BCUT2D eigenvalue weighted by atomic mass is 9.83. The van der Waals surface area contributed by atoms with Crippen molar-refractivity contribution >= 4 is 11.6 Å². The molecule has 0 aliphatic heterocycles. The second-order valence-electron chi connectivity index (χ2n) is 4.81. The summed E-state index contributed by atoms with van der Waals surface area (Å²) >= 11 is 0. The molecule has 0 saturated heterocycles. The van der Waals surface area contributed by atoms with Crippen molar-refractivity contribution < 1.29 is 24.2 Å². The van der Waals surface area contributed by atoms with Crippen LogP contribution < -0.4 is 0 Å². The summed E-state index contributed by atoms with van der Waals surface area (Å²) in [5, 5.41) is 19.5. The average molecular weight is 272 g/mol. The lowest BCUT2D eigenvalue weighted by molar-refractivity contribution is 0.0972. The molecule has 0 fully saturated rings. The van der Waals surface area contributed by atoms with E-state index >= 15 is 0 Å². The number of ketones is 2. The Morgan fingerprint density at radius 3 is 2.45 bits per heavy atom. The number of carbonyl (C=O) groups excluding carboxylic acids is 2. The van der Waals surface area contributed by atoms with E-state index in [2.05, 4.69) is 0 Å². The molecule has 102 valence electrons. The van der Waals surface area contributed by atoms with Crippen LogP contribution in [0.15, 0.2) is 22.6 Å². The molecule has 1 aromatic heterocycles. The molecule has 20 heavy (non-hydrogen) atoms. The number of furan rings is 1. The number of aliphatic hydroxyl groups is 1. The second-order valence-corrected chi connectivity index (χ2v) is 4.81. The van der Waals surface area contributed by atoms with Crippen molar-refractivity contribution in [2.45, 2.75) is 20.0 Å². The molecule has 1 aliphatic carbocycles. The lowest BCUT2D eigenvalue weighted by Crippen LogP contribution is -2.21. The molecule has 2 aromatic rings. The molecule has 0 amide bonds. The molecule has 5 nitrogen and oxygen atoms in total. The number of fused-ring (bicyclic) bond motifs is 2. The van der Waals surface area contributed by atoms with Gasteiger partial charge in [-0.15, -0.1) is 0 Å². The highest BCUT2D eigenvalue weighted by Gasteiger charge is 2.38. The van der Waals surface area contributed by atoms with Crippen molar-refractivity contribution in [3.8, 4) is 5.75 Å². The van der Waals surface area contributed by atoms with E-state index in [4.69, 9.17) is 4.42 Å². The fraction of sp³-hybridized carbons (Fsp3) is 0.200. The zero-order valence-electron chi connectivity index (χ0n) is 10.9. The van der Waals surface area contributed by atoms with Gasteiger partial charge in [0.2, 0.25) is 5.78 Å². The molecule has 1 aliphatic rings. The molecule has 2 N–H and O–H groups in total. The smallest absolute Gasteiger partial charge is 0.201 e. The van der Waals surface area contributed by atoms with E-state index in [1.807, 2.05) is 0 Å². The van der Waals surface area contributed by atoms with Crippen LogP contribution in [0.3, 0.4) is 0 Å². The fourth-order valence-corrected chi connectivity index (χ4v) is 2.59. The van der Waals surface area contributed by atoms with E-state index < -0.39 is 17.7 Å². The Morgan fingerprint density at radius 1 is 1.10 bits per heavy atom. The summed E-state index contributed by atoms with van der Waals surface area (Å²) in [6, 6.07) is 4.34. The Labute approximate surface area is 114 Å². The highest BCUT2D eigenvalue weighted by atomic mass is 16.4. The van der Waals surface area contributed by atoms with Crippen molar-refractivity contribution in [2.75, 3.05) is 0 Å². The Balaban J connectivity index is 2.37. The summed E-state index contributed by atoms with van der Waals surface area (Å²) in [4.78, 5) is 25.0. The quantitative estimate of drug-likeness (QED) is 0.708. The van der Waals surface area contributed by atoms with Crippen LogP contribution in [0.4, 0.5) is 0 Å². The van der Waals surface area contributed by atoms with Gasteiger partial charge in [-0.2, -0.15) is 0 Å². The van der Waals surface area contributed by atoms with Gasteiger partial charge in [-0.25, -0.2) is 0 Å². The van der Waals surface area contributed by atoms with Crippen LogP contribution in [0.25, 0.3) is 0 Å². The number of phenols is 1. The van der Waals surface area contributed by atoms with Crippen LogP contribution in [0.1, 0.15) is 56.4 Å². The van der Waals surface area contributed by atoms with E-state index in [-0.39, 0.29) is 39.5 Å². The fourth-order valence-electron chi connectivity index (χ4n) is 2.59. The topological polar surface area (TPSA) is 87.7 Å². The molecule has 5 heteroatoms. The summed E-state index contributed by atoms with van der Waals surface area (Å²) in [5.41, 5.74) is 0.344. The third-order valence-electron chi connectivity index (χ3n) is 3.46. The maximum atomic E-state index is 12.5. The van der Waals surface area contributed by atoms with Gasteiger partial charge >= 0.3 is 0 Å². The van der Waals surface area contributed by atoms with Crippen molar-refractivity contribution in [1.82, 2.24) is 0 Å². The molecule has 0 saturated carbocycles.